The Hall–Kier alpha value is -2.37. The van der Waals surface area contributed by atoms with E-state index in [1.54, 1.807) is 6.20 Å². The SMILES string of the molecule is Cc1ccc(-c2cccc(CN(CCO)Cc3ncc[nH]3)c2)o1. The average Bonchev–Trinajstić information content (AvgIpc) is 3.19. The number of aliphatic hydroxyl groups is 1. The quantitative estimate of drug-likeness (QED) is 0.704. The summed E-state index contributed by atoms with van der Waals surface area (Å²) in [6, 6.07) is 12.3. The fourth-order valence-corrected chi connectivity index (χ4v) is 2.62. The van der Waals surface area contributed by atoms with Crippen LogP contribution >= 0.6 is 0 Å². The largest absolute Gasteiger partial charge is 0.461 e. The molecule has 0 unspecified atom stereocenters. The molecule has 0 fully saturated rings. The molecule has 0 aliphatic heterocycles. The van der Waals surface area contributed by atoms with Gasteiger partial charge in [0.2, 0.25) is 0 Å². The number of nitrogens with zero attached hydrogens (tertiary/aromatic N) is 2. The van der Waals surface area contributed by atoms with Gasteiger partial charge in [0.25, 0.3) is 0 Å². The number of aromatic amines is 1. The molecule has 0 radical (unpaired) electrons. The van der Waals surface area contributed by atoms with Crippen LogP contribution in [-0.4, -0.2) is 33.1 Å². The number of furan rings is 1. The first kappa shape index (κ1) is 15.5. The van der Waals surface area contributed by atoms with E-state index in [4.69, 9.17) is 4.42 Å². The molecule has 3 aromatic rings. The van der Waals surface area contributed by atoms with Crippen LogP contribution in [0.2, 0.25) is 0 Å². The molecule has 0 amide bonds. The topological polar surface area (TPSA) is 65.3 Å². The van der Waals surface area contributed by atoms with Gasteiger partial charge in [-0.1, -0.05) is 18.2 Å². The summed E-state index contributed by atoms with van der Waals surface area (Å²) in [6.07, 6.45) is 3.55. The molecule has 2 aromatic heterocycles. The van der Waals surface area contributed by atoms with Crippen molar-refractivity contribution in [1.29, 1.82) is 0 Å². The van der Waals surface area contributed by atoms with Gasteiger partial charge < -0.3 is 14.5 Å². The van der Waals surface area contributed by atoms with Gasteiger partial charge in [-0.25, -0.2) is 4.98 Å². The summed E-state index contributed by atoms with van der Waals surface area (Å²) in [6.45, 7) is 4.09. The summed E-state index contributed by atoms with van der Waals surface area (Å²) in [5, 5.41) is 9.29. The fourth-order valence-electron chi connectivity index (χ4n) is 2.62. The Balaban J connectivity index is 1.74. The van der Waals surface area contributed by atoms with Crippen molar-refractivity contribution >= 4 is 0 Å². The number of imidazole rings is 1. The summed E-state index contributed by atoms with van der Waals surface area (Å²) < 4.78 is 5.69. The minimum absolute atomic E-state index is 0.123. The Morgan fingerprint density at radius 1 is 1.22 bits per heavy atom. The first-order valence-corrected chi connectivity index (χ1v) is 7.72. The second-order valence-corrected chi connectivity index (χ2v) is 5.58. The summed E-state index contributed by atoms with van der Waals surface area (Å²) in [7, 11) is 0. The van der Waals surface area contributed by atoms with E-state index >= 15 is 0 Å². The maximum atomic E-state index is 9.29. The van der Waals surface area contributed by atoms with Gasteiger partial charge in [0.05, 0.1) is 13.2 Å². The van der Waals surface area contributed by atoms with Gasteiger partial charge in [0.1, 0.15) is 17.3 Å². The van der Waals surface area contributed by atoms with Crippen molar-refractivity contribution in [1.82, 2.24) is 14.9 Å². The Kier molecular flexibility index (Phi) is 4.90. The lowest BCUT2D eigenvalue weighted by Gasteiger charge is -2.20. The molecule has 0 spiro atoms. The van der Waals surface area contributed by atoms with Gasteiger partial charge in [-0.2, -0.15) is 0 Å². The van der Waals surface area contributed by atoms with Gasteiger partial charge in [-0.05, 0) is 30.7 Å². The highest BCUT2D eigenvalue weighted by atomic mass is 16.3. The Morgan fingerprint density at radius 3 is 2.83 bits per heavy atom. The third-order valence-corrected chi connectivity index (χ3v) is 3.70. The zero-order chi connectivity index (χ0) is 16.1. The highest BCUT2D eigenvalue weighted by Crippen LogP contribution is 2.23. The van der Waals surface area contributed by atoms with E-state index < -0.39 is 0 Å². The number of aliphatic hydroxyl groups excluding tert-OH is 1. The predicted octanol–water partition coefficient (Wildman–Crippen LogP) is 2.97. The Bertz CT molecular complexity index is 734. The van der Waals surface area contributed by atoms with Crippen LogP contribution in [0.4, 0.5) is 0 Å². The summed E-state index contributed by atoms with van der Waals surface area (Å²) in [5.41, 5.74) is 2.24. The van der Waals surface area contributed by atoms with Crippen LogP contribution in [0.3, 0.4) is 0 Å². The third kappa shape index (κ3) is 4.09. The van der Waals surface area contributed by atoms with Crippen LogP contribution in [0.5, 0.6) is 0 Å². The number of aryl methyl sites for hydroxylation is 1. The minimum Gasteiger partial charge on any atom is -0.461 e. The highest BCUT2D eigenvalue weighted by molar-refractivity contribution is 5.58. The second-order valence-electron chi connectivity index (χ2n) is 5.58. The molecule has 23 heavy (non-hydrogen) atoms. The average molecular weight is 311 g/mol. The van der Waals surface area contributed by atoms with E-state index in [-0.39, 0.29) is 6.61 Å². The van der Waals surface area contributed by atoms with Gasteiger partial charge in [-0.15, -0.1) is 0 Å². The number of nitrogens with one attached hydrogen (secondary N) is 1. The number of H-pyrrole nitrogens is 1. The van der Waals surface area contributed by atoms with Crippen molar-refractivity contribution in [2.75, 3.05) is 13.2 Å². The normalized spacial score (nSPS) is 11.3. The van der Waals surface area contributed by atoms with Crippen LogP contribution in [0.1, 0.15) is 17.1 Å². The molecule has 2 N–H and O–H groups in total. The lowest BCUT2D eigenvalue weighted by atomic mass is 10.1. The van der Waals surface area contributed by atoms with Crippen molar-refractivity contribution in [3.63, 3.8) is 0 Å². The van der Waals surface area contributed by atoms with Crippen molar-refractivity contribution in [3.8, 4) is 11.3 Å². The van der Waals surface area contributed by atoms with E-state index in [0.29, 0.717) is 13.1 Å². The van der Waals surface area contributed by atoms with E-state index in [1.165, 1.54) is 5.56 Å². The summed E-state index contributed by atoms with van der Waals surface area (Å²) in [4.78, 5) is 9.51. The van der Waals surface area contributed by atoms with Crippen molar-refractivity contribution in [2.24, 2.45) is 0 Å². The van der Waals surface area contributed by atoms with Gasteiger partial charge in [0, 0.05) is 31.0 Å². The predicted molar refractivity (Wildman–Crippen MR) is 88.7 cm³/mol. The van der Waals surface area contributed by atoms with Crippen LogP contribution in [0.15, 0.2) is 53.2 Å². The van der Waals surface area contributed by atoms with Gasteiger partial charge >= 0.3 is 0 Å². The smallest absolute Gasteiger partial charge is 0.134 e. The lowest BCUT2D eigenvalue weighted by Crippen LogP contribution is -2.26. The van der Waals surface area contributed by atoms with Crippen molar-refractivity contribution in [2.45, 2.75) is 20.0 Å². The van der Waals surface area contributed by atoms with E-state index in [1.807, 2.05) is 37.4 Å². The summed E-state index contributed by atoms with van der Waals surface area (Å²) in [5.74, 6) is 2.69. The molecule has 120 valence electrons. The van der Waals surface area contributed by atoms with Gasteiger partial charge in [-0.3, -0.25) is 4.90 Å². The zero-order valence-electron chi connectivity index (χ0n) is 13.2. The van der Waals surface area contributed by atoms with Crippen molar-refractivity contribution < 1.29 is 9.52 Å². The molecule has 0 bridgehead atoms. The Morgan fingerprint density at radius 2 is 2.13 bits per heavy atom. The maximum Gasteiger partial charge on any atom is 0.134 e. The molecule has 5 nitrogen and oxygen atoms in total. The second kappa shape index (κ2) is 7.26. The number of hydrogen-bond acceptors (Lipinski definition) is 4. The van der Waals surface area contributed by atoms with E-state index in [2.05, 4.69) is 27.0 Å². The lowest BCUT2D eigenvalue weighted by molar-refractivity contribution is 0.181. The molecule has 0 atom stereocenters. The molecule has 0 aliphatic rings. The minimum atomic E-state index is 0.123. The van der Waals surface area contributed by atoms with Crippen LogP contribution in [-0.2, 0) is 13.1 Å². The number of benzene rings is 1. The summed E-state index contributed by atoms with van der Waals surface area (Å²) >= 11 is 0. The van der Waals surface area contributed by atoms with Gasteiger partial charge in [0.15, 0.2) is 0 Å². The highest BCUT2D eigenvalue weighted by Gasteiger charge is 2.10. The Labute approximate surface area is 135 Å². The third-order valence-electron chi connectivity index (χ3n) is 3.70. The maximum absolute atomic E-state index is 9.29. The number of rotatable bonds is 7. The monoisotopic (exact) mass is 311 g/mol. The van der Waals surface area contributed by atoms with Crippen molar-refractivity contribution in [3.05, 3.63) is 65.9 Å². The molecule has 1 aromatic carbocycles. The number of hydrogen-bond donors (Lipinski definition) is 2. The first-order valence-electron chi connectivity index (χ1n) is 7.72. The van der Waals surface area contributed by atoms with Crippen LogP contribution in [0.25, 0.3) is 11.3 Å². The molecular formula is C18H21N3O2. The van der Waals surface area contributed by atoms with E-state index in [0.717, 1.165) is 29.5 Å². The standard InChI is InChI=1S/C18H21N3O2/c1-14-5-6-17(23-14)16-4-2-3-15(11-16)12-21(9-10-22)13-18-19-7-8-20-18/h2-8,11,22H,9-10,12-13H2,1H3,(H,19,20). The van der Waals surface area contributed by atoms with Crippen LogP contribution in [0, 0.1) is 6.92 Å². The molecule has 2 heterocycles. The molecule has 0 aliphatic carbocycles. The van der Waals surface area contributed by atoms with E-state index in [9.17, 15) is 5.11 Å². The molecule has 3 rings (SSSR count). The molecular weight excluding hydrogens is 290 g/mol. The fraction of sp³-hybridized carbons (Fsp3) is 0.278. The number of aromatic nitrogens is 2. The van der Waals surface area contributed by atoms with Crippen LogP contribution < -0.4 is 0 Å². The molecule has 5 heteroatoms. The zero-order valence-corrected chi connectivity index (χ0v) is 13.2. The first-order chi connectivity index (χ1) is 11.2. The molecule has 0 saturated heterocycles. The molecule has 0 saturated carbocycles.